The molecule has 11 nitrogen and oxygen atoms in total. The van der Waals surface area contributed by atoms with Gasteiger partial charge in [-0.1, -0.05) is 6.08 Å². The van der Waals surface area contributed by atoms with Crippen LogP contribution >= 0.6 is 7.60 Å². The zero-order valence-corrected chi connectivity index (χ0v) is 19.6. The number of anilines is 2. The van der Waals surface area contributed by atoms with E-state index in [1.54, 1.807) is 6.08 Å². The van der Waals surface area contributed by atoms with Gasteiger partial charge in [0.1, 0.15) is 0 Å². The molecule has 2 rings (SSSR count). The summed E-state index contributed by atoms with van der Waals surface area (Å²) in [7, 11) is -4.76. The number of hydrogen-bond acceptors (Lipinski definition) is 10. The van der Waals surface area contributed by atoms with Crippen molar-refractivity contribution in [2.75, 3.05) is 30.6 Å². The van der Waals surface area contributed by atoms with Gasteiger partial charge in [-0.15, -0.1) is 6.58 Å². The van der Waals surface area contributed by atoms with Crippen LogP contribution in [0.2, 0.25) is 0 Å². The summed E-state index contributed by atoms with van der Waals surface area (Å²) in [5.41, 5.74) is 6.52. The smallest absolute Gasteiger partial charge is 0.809 e. The largest absolute Gasteiger partial charge is 1.00 e. The van der Waals surface area contributed by atoms with E-state index in [2.05, 4.69) is 31.6 Å². The summed E-state index contributed by atoms with van der Waals surface area (Å²) in [6.45, 7) is 3.75. The summed E-state index contributed by atoms with van der Waals surface area (Å²) in [5, 5.41) is 12.9. The molecule has 26 heavy (non-hydrogen) atoms. The molecule has 14 heteroatoms. The van der Waals surface area contributed by atoms with Crippen molar-refractivity contribution in [2.24, 2.45) is 0 Å². The molecular weight excluding hydrogens is 385 g/mol. The van der Waals surface area contributed by atoms with E-state index < -0.39 is 20.0 Å². The molecule has 0 aliphatic carbocycles. The summed E-state index contributed by atoms with van der Waals surface area (Å²) in [4.78, 5) is 33.3. The van der Waals surface area contributed by atoms with E-state index in [0.29, 0.717) is 23.5 Å². The van der Waals surface area contributed by atoms with Crippen molar-refractivity contribution >= 4 is 30.5 Å². The third kappa shape index (κ3) is 7.91. The Bertz CT molecular complexity index is 770. The number of aromatic nitrogens is 4. The number of nitrogen functional groups attached to an aromatic ring is 1. The van der Waals surface area contributed by atoms with Gasteiger partial charge < -0.3 is 39.8 Å². The molecule has 4 N–H and O–H groups in total. The summed E-state index contributed by atoms with van der Waals surface area (Å²) in [6.07, 6.45) is 1.05. The van der Waals surface area contributed by atoms with Gasteiger partial charge in [0.15, 0.2) is 17.0 Å². The minimum atomic E-state index is -4.76. The number of nitrogens with one attached hydrogen (secondary N) is 1. The second-order valence-corrected chi connectivity index (χ2v) is 6.41. The monoisotopic (exact) mass is 402 g/mol. The Kier molecular flexibility index (Phi) is 11.7. The van der Waals surface area contributed by atoms with Crippen LogP contribution in [0.1, 0.15) is 0 Å². The molecular formula is C12H17N6Na2O5P. The topological polar surface area (TPSA) is 174 Å². The molecule has 0 spiro atoms. The van der Waals surface area contributed by atoms with E-state index in [-0.39, 0.29) is 78.2 Å². The molecule has 0 aliphatic heterocycles. The number of aliphatic hydroxyl groups is 1. The third-order valence-corrected chi connectivity index (χ3v) is 3.36. The van der Waals surface area contributed by atoms with Gasteiger partial charge in [0.25, 0.3) is 0 Å². The first-order valence-electron chi connectivity index (χ1n) is 6.90. The van der Waals surface area contributed by atoms with Crippen LogP contribution in [0.4, 0.5) is 11.8 Å². The van der Waals surface area contributed by atoms with Crippen LogP contribution in [-0.4, -0.2) is 50.2 Å². The van der Waals surface area contributed by atoms with Crippen LogP contribution in [0.3, 0.4) is 0 Å². The first-order chi connectivity index (χ1) is 11.3. The summed E-state index contributed by atoms with van der Waals surface area (Å²) in [6, 6.07) is 0. The molecule has 2 heterocycles. The van der Waals surface area contributed by atoms with E-state index in [4.69, 9.17) is 5.73 Å². The Morgan fingerprint density at radius 2 is 2.15 bits per heavy atom. The predicted octanol–water partition coefficient (Wildman–Crippen LogP) is -7.74. The summed E-state index contributed by atoms with van der Waals surface area (Å²) >= 11 is 0. The molecule has 0 radical (unpaired) electrons. The van der Waals surface area contributed by atoms with Crippen molar-refractivity contribution in [3.63, 3.8) is 0 Å². The molecule has 0 saturated heterocycles. The molecule has 0 bridgehead atoms. The number of ether oxygens (including phenoxy) is 1. The molecule has 2 aromatic heterocycles. The van der Waals surface area contributed by atoms with E-state index in [1.165, 1.54) is 10.9 Å². The predicted molar refractivity (Wildman–Crippen MR) is 82.9 cm³/mol. The van der Waals surface area contributed by atoms with Crippen LogP contribution in [0.15, 0.2) is 19.0 Å². The molecule has 0 aromatic carbocycles. The Balaban J connectivity index is 0.00000312. The van der Waals surface area contributed by atoms with Crippen LogP contribution in [0.5, 0.6) is 0 Å². The molecule has 0 amide bonds. The fraction of sp³-hybridized carbons (Fsp3) is 0.417. The van der Waals surface area contributed by atoms with E-state index >= 15 is 0 Å². The summed E-state index contributed by atoms with van der Waals surface area (Å²) in [5.74, 6) is 0.459. The molecule has 132 valence electrons. The molecule has 0 saturated carbocycles. The van der Waals surface area contributed by atoms with Crippen molar-refractivity contribution in [3.05, 3.63) is 19.0 Å². The maximum absolute atomic E-state index is 10.5. The van der Waals surface area contributed by atoms with Gasteiger partial charge in [0.05, 0.1) is 31.9 Å². The fourth-order valence-corrected chi connectivity index (χ4v) is 2.30. The number of fused-ring (bicyclic) bond motifs is 1. The molecule has 1 atom stereocenters. The first kappa shape index (κ1) is 26.0. The van der Waals surface area contributed by atoms with Gasteiger partial charge in [0.2, 0.25) is 5.95 Å². The van der Waals surface area contributed by atoms with Crippen LogP contribution in [0.25, 0.3) is 11.2 Å². The third-order valence-electron chi connectivity index (χ3n) is 2.86. The summed E-state index contributed by atoms with van der Waals surface area (Å²) < 4.78 is 16.7. The molecule has 1 unspecified atom stereocenters. The number of imidazole rings is 1. The van der Waals surface area contributed by atoms with Gasteiger partial charge in [-0.3, -0.25) is 0 Å². The van der Waals surface area contributed by atoms with Crippen molar-refractivity contribution in [1.29, 1.82) is 0 Å². The van der Waals surface area contributed by atoms with Gasteiger partial charge >= 0.3 is 59.1 Å². The fourth-order valence-electron chi connectivity index (χ4n) is 1.97. The Hall–Kier alpha value is -0.0400. The average Bonchev–Trinajstić information content (AvgIpc) is 2.86. The van der Waals surface area contributed by atoms with Crippen molar-refractivity contribution in [3.8, 4) is 0 Å². The normalized spacial score (nSPS) is 12.1. The van der Waals surface area contributed by atoms with Gasteiger partial charge in [0, 0.05) is 6.54 Å². The average molecular weight is 402 g/mol. The van der Waals surface area contributed by atoms with Crippen LogP contribution in [0, 0.1) is 0 Å². The number of rotatable bonds is 9. The first-order valence-corrected chi connectivity index (χ1v) is 8.63. The Morgan fingerprint density at radius 3 is 2.77 bits per heavy atom. The quantitative estimate of drug-likeness (QED) is 0.208. The maximum Gasteiger partial charge on any atom is 1.00 e. The standard InChI is InChI=1S/C12H19N6O5P.2Na/c1-2-3-14-10-9-11(17-12(13)16-10)18(6-15-9)4-8(19)5-23-7-24(20,21)22;;/h2,6,8,19H,1,3-5,7H2,(H2,20,21,22)(H3,13,14,16,17);;/q;2*+1/p-2. The van der Waals surface area contributed by atoms with Crippen molar-refractivity contribution in [1.82, 2.24) is 19.5 Å². The minimum Gasteiger partial charge on any atom is -0.809 e. The van der Waals surface area contributed by atoms with E-state index in [0.717, 1.165) is 0 Å². The minimum absolute atomic E-state index is 0. The Labute approximate surface area is 194 Å². The molecule has 0 fully saturated rings. The second kappa shape index (κ2) is 11.7. The van der Waals surface area contributed by atoms with Crippen molar-refractivity contribution in [2.45, 2.75) is 12.6 Å². The zero-order chi connectivity index (χ0) is 17.7. The van der Waals surface area contributed by atoms with E-state index in [1.807, 2.05) is 0 Å². The van der Waals surface area contributed by atoms with E-state index in [9.17, 15) is 19.5 Å². The Morgan fingerprint density at radius 1 is 1.46 bits per heavy atom. The molecule has 2 aromatic rings. The van der Waals surface area contributed by atoms with Crippen LogP contribution < -0.4 is 80.0 Å². The number of aliphatic hydroxyl groups excluding tert-OH is 1. The van der Waals surface area contributed by atoms with Crippen LogP contribution in [-0.2, 0) is 15.8 Å². The van der Waals surface area contributed by atoms with Gasteiger partial charge in [-0.05, 0) is 7.60 Å². The zero-order valence-electron chi connectivity index (χ0n) is 14.7. The van der Waals surface area contributed by atoms with Gasteiger partial charge in [-0.2, -0.15) is 9.97 Å². The number of hydrogen-bond donors (Lipinski definition) is 3. The number of nitrogens with zero attached hydrogens (tertiary/aromatic N) is 4. The number of nitrogens with two attached hydrogens (primary N) is 1. The second-order valence-electron chi connectivity index (χ2n) is 4.93. The molecule has 0 aliphatic rings. The SMILES string of the molecule is C=CCNc1nc(N)nc2c1ncn2CC(O)COCP(=O)([O-])[O-].[Na+].[Na+]. The van der Waals surface area contributed by atoms with Crippen molar-refractivity contribution < 1.29 is 83.3 Å². The van der Waals surface area contributed by atoms with Gasteiger partial charge in [-0.25, -0.2) is 4.98 Å². The maximum atomic E-state index is 10.5.